The summed E-state index contributed by atoms with van der Waals surface area (Å²) in [5.41, 5.74) is -0.0949. The van der Waals surface area contributed by atoms with Crippen molar-refractivity contribution in [2.75, 3.05) is 0 Å². The molecule has 0 atom stereocenters. The van der Waals surface area contributed by atoms with E-state index in [4.69, 9.17) is 10.0 Å². The molecule has 2 N–H and O–H groups in total. The summed E-state index contributed by atoms with van der Waals surface area (Å²) in [5.74, 6) is -0.600. The maximum absolute atomic E-state index is 12.5. The lowest BCUT2D eigenvalue weighted by atomic mass is 9.80. The first-order valence-electron chi connectivity index (χ1n) is 3.82. The number of halogens is 1. The highest BCUT2D eigenvalue weighted by molar-refractivity contribution is 6.58. The Kier molecular flexibility index (Phi) is 5.33. The quantitative estimate of drug-likeness (QED) is 0.603. The van der Waals surface area contributed by atoms with Crippen LogP contribution in [0.3, 0.4) is 0 Å². The fourth-order valence-corrected chi connectivity index (χ4v) is 0.684. The van der Waals surface area contributed by atoms with Crippen molar-refractivity contribution in [3.63, 3.8) is 0 Å². The molecule has 0 aliphatic heterocycles. The lowest BCUT2D eigenvalue weighted by molar-refractivity contribution is 0.423. The fraction of sp³-hybridized carbons (Fsp3) is 0.250. The van der Waals surface area contributed by atoms with Crippen LogP contribution in [0.1, 0.15) is 13.8 Å². The van der Waals surface area contributed by atoms with Crippen molar-refractivity contribution < 1.29 is 14.4 Å². The van der Waals surface area contributed by atoms with E-state index in [1.54, 1.807) is 0 Å². The van der Waals surface area contributed by atoms with Crippen LogP contribution in [0.4, 0.5) is 4.39 Å². The topological polar surface area (TPSA) is 40.5 Å². The summed E-state index contributed by atoms with van der Waals surface area (Å²) in [7, 11) is -1.72. The zero-order valence-corrected chi connectivity index (χ0v) is 7.16. The highest BCUT2D eigenvalue weighted by atomic mass is 19.1. The summed E-state index contributed by atoms with van der Waals surface area (Å²) in [6.45, 7) is 4.00. The molecule has 0 amide bonds. The van der Waals surface area contributed by atoms with Crippen molar-refractivity contribution in [1.82, 2.24) is 0 Å². The van der Waals surface area contributed by atoms with Gasteiger partial charge in [0.05, 0.1) is 0 Å². The molecular weight excluding hydrogens is 158 g/mol. The molecule has 0 unspecified atom stereocenters. The van der Waals surface area contributed by atoms with Gasteiger partial charge in [0.2, 0.25) is 0 Å². The van der Waals surface area contributed by atoms with Crippen LogP contribution < -0.4 is 5.46 Å². The highest BCUT2D eigenvalue weighted by Gasteiger charge is 2.14. The van der Waals surface area contributed by atoms with E-state index < -0.39 is 12.9 Å². The second kappa shape index (κ2) is 5.74. The van der Waals surface area contributed by atoms with E-state index in [2.05, 4.69) is 0 Å². The van der Waals surface area contributed by atoms with E-state index in [1.165, 1.54) is 24.3 Å². The van der Waals surface area contributed by atoms with Crippen molar-refractivity contribution in [3.8, 4) is 0 Å². The van der Waals surface area contributed by atoms with Crippen LogP contribution in [0, 0.1) is 5.82 Å². The molecule has 0 saturated heterocycles. The predicted molar refractivity (Wildman–Crippen MR) is 47.6 cm³/mol. The molecule has 0 bridgehead atoms. The van der Waals surface area contributed by atoms with Crippen molar-refractivity contribution in [3.05, 3.63) is 30.1 Å². The lowest BCUT2D eigenvalue weighted by Gasteiger charge is -1.98. The average molecular weight is 170 g/mol. The monoisotopic (exact) mass is 170 g/mol. The first-order chi connectivity index (χ1) is 5.72. The van der Waals surface area contributed by atoms with E-state index >= 15 is 0 Å². The Labute approximate surface area is 71.8 Å². The third-order valence-electron chi connectivity index (χ3n) is 1.18. The number of hydrogen-bond acceptors (Lipinski definition) is 2. The molecule has 1 rings (SSSR count). The molecule has 4 heteroatoms. The Balaban J connectivity index is 0.000000561. The van der Waals surface area contributed by atoms with E-state index in [9.17, 15) is 4.39 Å². The third-order valence-corrected chi connectivity index (χ3v) is 1.18. The average Bonchev–Trinajstić information content (AvgIpc) is 2.08. The second-order valence-corrected chi connectivity index (χ2v) is 1.90. The molecule has 0 aromatic heterocycles. The highest BCUT2D eigenvalue weighted by Crippen LogP contribution is 1.92. The standard InChI is InChI=1S/C6H6BFO2.C2H6/c8-6-4-2-1-3-5(6)7(9)10;1-2/h1-4,9-10H;1-2H3. The maximum Gasteiger partial charge on any atom is 0.491 e. The Bertz CT molecular complexity index is 228. The van der Waals surface area contributed by atoms with Gasteiger partial charge in [-0.25, -0.2) is 4.39 Å². The van der Waals surface area contributed by atoms with Crippen LogP contribution in [-0.4, -0.2) is 17.2 Å². The van der Waals surface area contributed by atoms with Crippen LogP contribution in [0.15, 0.2) is 24.3 Å². The minimum atomic E-state index is -1.72. The smallest absolute Gasteiger partial charge is 0.423 e. The summed E-state index contributed by atoms with van der Waals surface area (Å²) in [5, 5.41) is 17.0. The van der Waals surface area contributed by atoms with Crippen molar-refractivity contribution in [2.24, 2.45) is 0 Å². The fourth-order valence-electron chi connectivity index (χ4n) is 0.684. The largest absolute Gasteiger partial charge is 0.491 e. The summed E-state index contributed by atoms with van der Waals surface area (Å²) < 4.78 is 12.5. The van der Waals surface area contributed by atoms with Gasteiger partial charge in [-0.15, -0.1) is 0 Å². The van der Waals surface area contributed by atoms with Gasteiger partial charge in [0, 0.05) is 5.46 Å². The zero-order chi connectivity index (χ0) is 9.56. The summed E-state index contributed by atoms with van der Waals surface area (Å²) in [4.78, 5) is 0. The molecule has 66 valence electrons. The Morgan fingerprint density at radius 3 is 2.00 bits per heavy atom. The first kappa shape index (κ1) is 11.1. The Morgan fingerprint density at radius 1 is 1.17 bits per heavy atom. The number of benzene rings is 1. The second-order valence-electron chi connectivity index (χ2n) is 1.90. The van der Waals surface area contributed by atoms with E-state index in [0.29, 0.717) is 0 Å². The van der Waals surface area contributed by atoms with Gasteiger partial charge in [0.1, 0.15) is 5.82 Å². The van der Waals surface area contributed by atoms with Gasteiger partial charge in [-0.1, -0.05) is 32.0 Å². The van der Waals surface area contributed by atoms with Gasteiger partial charge in [-0.3, -0.25) is 0 Å². The van der Waals surface area contributed by atoms with Crippen molar-refractivity contribution >= 4 is 12.6 Å². The molecule has 1 aromatic rings. The Hall–Kier alpha value is -0.865. The minimum absolute atomic E-state index is 0.0949. The Morgan fingerprint density at radius 2 is 1.67 bits per heavy atom. The van der Waals surface area contributed by atoms with Gasteiger partial charge >= 0.3 is 7.12 Å². The van der Waals surface area contributed by atoms with Gasteiger partial charge in [-0.2, -0.15) is 0 Å². The van der Waals surface area contributed by atoms with E-state index in [0.717, 1.165) is 0 Å². The van der Waals surface area contributed by atoms with Gasteiger partial charge in [-0.05, 0) is 6.07 Å². The van der Waals surface area contributed by atoms with E-state index in [-0.39, 0.29) is 5.46 Å². The molecule has 0 saturated carbocycles. The van der Waals surface area contributed by atoms with Crippen LogP contribution in [0.2, 0.25) is 0 Å². The van der Waals surface area contributed by atoms with Crippen LogP contribution in [0.5, 0.6) is 0 Å². The molecule has 12 heavy (non-hydrogen) atoms. The van der Waals surface area contributed by atoms with Crippen molar-refractivity contribution in [2.45, 2.75) is 13.8 Å². The number of hydrogen-bond donors (Lipinski definition) is 2. The molecule has 0 aliphatic rings. The third kappa shape index (κ3) is 3.03. The first-order valence-corrected chi connectivity index (χ1v) is 3.82. The number of rotatable bonds is 1. The molecule has 0 heterocycles. The van der Waals surface area contributed by atoms with Crippen LogP contribution in [0.25, 0.3) is 0 Å². The SMILES string of the molecule is CC.OB(O)c1ccccc1F. The maximum atomic E-state index is 12.5. The molecule has 0 fully saturated rings. The summed E-state index contributed by atoms with van der Waals surface area (Å²) in [6.07, 6.45) is 0. The predicted octanol–water partition coefficient (Wildman–Crippen LogP) is 0.532. The molecule has 0 aliphatic carbocycles. The summed E-state index contributed by atoms with van der Waals surface area (Å²) in [6, 6.07) is 5.52. The van der Waals surface area contributed by atoms with Gasteiger partial charge in [0.25, 0.3) is 0 Å². The normalized spacial score (nSPS) is 8.42. The van der Waals surface area contributed by atoms with E-state index in [1.807, 2.05) is 13.8 Å². The lowest BCUT2D eigenvalue weighted by Crippen LogP contribution is -2.32. The molecule has 0 radical (unpaired) electrons. The summed E-state index contributed by atoms with van der Waals surface area (Å²) >= 11 is 0. The van der Waals surface area contributed by atoms with Crippen LogP contribution in [-0.2, 0) is 0 Å². The molecular formula is C8H12BFO2. The van der Waals surface area contributed by atoms with Gasteiger partial charge in [0.15, 0.2) is 0 Å². The molecule has 1 aromatic carbocycles. The van der Waals surface area contributed by atoms with Crippen LogP contribution >= 0.6 is 0 Å². The minimum Gasteiger partial charge on any atom is -0.423 e. The van der Waals surface area contributed by atoms with Gasteiger partial charge < -0.3 is 10.0 Å². The molecule has 0 spiro atoms. The zero-order valence-electron chi connectivity index (χ0n) is 7.16. The molecule has 2 nitrogen and oxygen atoms in total. The van der Waals surface area contributed by atoms with Crippen molar-refractivity contribution in [1.29, 1.82) is 0 Å².